The Bertz CT molecular complexity index is 517. The number of benzene rings is 1. The minimum Gasteiger partial charge on any atom is -0.435 e. The lowest BCUT2D eigenvalue weighted by Crippen LogP contribution is -2.09. The molecule has 1 heterocycles. The van der Waals surface area contributed by atoms with Crippen molar-refractivity contribution in [3.8, 4) is 5.75 Å². The molecule has 1 atom stereocenters. The lowest BCUT2D eigenvalue weighted by atomic mass is 10.0. The van der Waals surface area contributed by atoms with Gasteiger partial charge in [0.15, 0.2) is 5.78 Å². The third kappa shape index (κ3) is 2.48. The second-order valence-electron chi connectivity index (χ2n) is 3.77. The molecule has 0 saturated carbocycles. The van der Waals surface area contributed by atoms with Gasteiger partial charge in [-0.1, -0.05) is 23.9 Å². The van der Waals surface area contributed by atoms with Crippen molar-refractivity contribution in [3.63, 3.8) is 0 Å². The zero-order valence-electron chi connectivity index (χ0n) is 9.52. The summed E-state index contributed by atoms with van der Waals surface area (Å²) in [6.45, 7) is -1.13. The van der Waals surface area contributed by atoms with Crippen LogP contribution in [0.25, 0.3) is 5.57 Å². The Morgan fingerprint density at radius 3 is 2.72 bits per heavy atom. The molecule has 2 rings (SSSR count). The molecule has 0 fully saturated rings. The molecule has 1 aromatic carbocycles. The maximum Gasteiger partial charge on any atom is 0.387 e. The molecule has 0 saturated heterocycles. The number of ketones is 1. The van der Waals surface area contributed by atoms with Crippen LogP contribution >= 0.6 is 11.8 Å². The number of carbonyl (C=O) groups excluding carboxylic acids is 1. The molecule has 1 aliphatic rings. The van der Waals surface area contributed by atoms with E-state index in [9.17, 15) is 13.6 Å². The van der Waals surface area contributed by atoms with E-state index in [-0.39, 0.29) is 16.8 Å². The molecule has 18 heavy (non-hydrogen) atoms. The molecular weight excluding hydrogens is 260 g/mol. The average molecular weight is 271 g/mol. The smallest absolute Gasteiger partial charge is 0.387 e. The molecule has 0 aliphatic carbocycles. The number of halogens is 2. The van der Waals surface area contributed by atoms with Crippen molar-refractivity contribution in [2.45, 2.75) is 18.8 Å². The number of thioether (sulfide) groups is 1. The molecule has 6 heteroatoms. The predicted octanol–water partition coefficient (Wildman–Crippen LogP) is 2.62. The number of rotatable bonds is 3. The standard InChI is InChI=1S/C12H11F2NO2S/c1-6-10(16)9(11(15)18-6)7-3-2-4-8(5-7)17-12(13)14/h2-6,12H,15H2,1H3. The number of hydrogen-bond acceptors (Lipinski definition) is 4. The van der Waals surface area contributed by atoms with Crippen molar-refractivity contribution in [1.82, 2.24) is 0 Å². The van der Waals surface area contributed by atoms with Crippen LogP contribution in [0.3, 0.4) is 0 Å². The molecule has 0 aromatic heterocycles. The van der Waals surface area contributed by atoms with Crippen LogP contribution in [0.2, 0.25) is 0 Å². The van der Waals surface area contributed by atoms with E-state index in [2.05, 4.69) is 4.74 Å². The van der Waals surface area contributed by atoms with Gasteiger partial charge in [0.05, 0.1) is 15.9 Å². The highest BCUT2D eigenvalue weighted by molar-refractivity contribution is 8.05. The molecule has 2 N–H and O–H groups in total. The molecule has 1 aromatic rings. The first-order valence-corrected chi connectivity index (χ1v) is 6.13. The average Bonchev–Trinajstić information content (AvgIpc) is 2.52. The Labute approximate surface area is 107 Å². The Balaban J connectivity index is 2.34. The summed E-state index contributed by atoms with van der Waals surface area (Å²) in [5, 5.41) is 0.182. The Morgan fingerprint density at radius 1 is 1.44 bits per heavy atom. The van der Waals surface area contributed by atoms with Crippen LogP contribution in [-0.4, -0.2) is 17.6 Å². The normalized spacial score (nSPS) is 19.8. The fraction of sp³-hybridized carbons (Fsp3) is 0.250. The van der Waals surface area contributed by atoms with Gasteiger partial charge in [-0.2, -0.15) is 8.78 Å². The van der Waals surface area contributed by atoms with Gasteiger partial charge in [-0.3, -0.25) is 4.79 Å². The lowest BCUT2D eigenvalue weighted by molar-refractivity contribution is -0.112. The van der Waals surface area contributed by atoms with E-state index in [4.69, 9.17) is 5.73 Å². The first kappa shape index (κ1) is 12.9. The highest BCUT2D eigenvalue weighted by atomic mass is 32.2. The molecule has 0 radical (unpaired) electrons. The minimum absolute atomic E-state index is 0.0140. The molecular formula is C12H11F2NO2S. The van der Waals surface area contributed by atoms with Gasteiger partial charge in [0, 0.05) is 0 Å². The summed E-state index contributed by atoms with van der Waals surface area (Å²) in [7, 11) is 0. The largest absolute Gasteiger partial charge is 0.435 e. The maximum absolute atomic E-state index is 12.1. The summed E-state index contributed by atoms with van der Waals surface area (Å²) in [4.78, 5) is 11.9. The SMILES string of the molecule is CC1SC(N)=C(c2cccc(OC(F)F)c2)C1=O. The fourth-order valence-corrected chi connectivity index (χ4v) is 2.68. The van der Waals surface area contributed by atoms with Crippen molar-refractivity contribution in [2.75, 3.05) is 0 Å². The van der Waals surface area contributed by atoms with Crippen molar-refractivity contribution >= 4 is 23.1 Å². The van der Waals surface area contributed by atoms with Crippen LogP contribution < -0.4 is 10.5 Å². The summed E-state index contributed by atoms with van der Waals surface area (Å²) in [5.74, 6) is -0.0770. The van der Waals surface area contributed by atoms with Crippen molar-refractivity contribution in [3.05, 3.63) is 34.9 Å². The van der Waals surface area contributed by atoms with Gasteiger partial charge in [-0.15, -0.1) is 0 Å². The monoisotopic (exact) mass is 271 g/mol. The molecule has 96 valence electrons. The summed E-state index contributed by atoms with van der Waals surface area (Å²) in [5.41, 5.74) is 6.66. The van der Waals surface area contributed by atoms with E-state index in [1.807, 2.05) is 0 Å². The van der Waals surface area contributed by atoms with E-state index >= 15 is 0 Å². The van der Waals surface area contributed by atoms with E-state index in [1.54, 1.807) is 19.1 Å². The molecule has 0 spiro atoms. The highest BCUT2D eigenvalue weighted by Crippen LogP contribution is 2.37. The Hall–Kier alpha value is -1.56. The number of alkyl halides is 2. The first-order chi connectivity index (χ1) is 8.49. The number of carbonyl (C=O) groups is 1. The summed E-state index contributed by atoms with van der Waals surface area (Å²) >= 11 is 1.27. The van der Waals surface area contributed by atoms with Gasteiger partial charge in [0.2, 0.25) is 0 Å². The zero-order valence-corrected chi connectivity index (χ0v) is 10.3. The third-order valence-corrected chi connectivity index (χ3v) is 3.54. The van der Waals surface area contributed by atoms with Crippen LogP contribution in [-0.2, 0) is 4.79 Å². The van der Waals surface area contributed by atoms with E-state index in [0.717, 1.165) is 0 Å². The topological polar surface area (TPSA) is 52.3 Å². The molecule has 1 aliphatic heterocycles. The quantitative estimate of drug-likeness (QED) is 0.918. The van der Waals surface area contributed by atoms with Crippen LogP contribution in [0.5, 0.6) is 5.75 Å². The highest BCUT2D eigenvalue weighted by Gasteiger charge is 2.30. The van der Waals surface area contributed by atoms with E-state index in [0.29, 0.717) is 16.2 Å². The van der Waals surface area contributed by atoms with Gasteiger partial charge >= 0.3 is 6.61 Å². The minimum atomic E-state index is -2.89. The third-order valence-electron chi connectivity index (χ3n) is 2.51. The molecule has 0 amide bonds. The summed E-state index contributed by atoms with van der Waals surface area (Å²) in [6.07, 6.45) is 0. The molecule has 0 bridgehead atoms. The van der Waals surface area contributed by atoms with Gasteiger partial charge in [-0.25, -0.2) is 0 Å². The first-order valence-electron chi connectivity index (χ1n) is 5.25. The molecule has 3 nitrogen and oxygen atoms in total. The maximum atomic E-state index is 12.1. The predicted molar refractivity (Wildman–Crippen MR) is 66.2 cm³/mol. The van der Waals surface area contributed by atoms with Crippen LogP contribution in [0, 0.1) is 0 Å². The second kappa shape index (κ2) is 4.97. The van der Waals surface area contributed by atoms with Crippen LogP contribution in [0.4, 0.5) is 8.78 Å². The van der Waals surface area contributed by atoms with Crippen molar-refractivity contribution < 1.29 is 18.3 Å². The van der Waals surface area contributed by atoms with Crippen molar-refractivity contribution in [2.24, 2.45) is 5.73 Å². The van der Waals surface area contributed by atoms with Gasteiger partial charge < -0.3 is 10.5 Å². The van der Waals surface area contributed by atoms with Gasteiger partial charge in [0.25, 0.3) is 0 Å². The zero-order chi connectivity index (χ0) is 13.3. The van der Waals surface area contributed by atoms with Crippen LogP contribution in [0.15, 0.2) is 29.3 Å². The van der Waals surface area contributed by atoms with E-state index < -0.39 is 6.61 Å². The van der Waals surface area contributed by atoms with Gasteiger partial charge in [-0.05, 0) is 24.6 Å². The van der Waals surface area contributed by atoms with Crippen LogP contribution in [0.1, 0.15) is 12.5 Å². The summed E-state index contributed by atoms with van der Waals surface area (Å²) < 4.78 is 28.5. The number of nitrogens with two attached hydrogens (primary N) is 1. The van der Waals surface area contributed by atoms with Gasteiger partial charge in [0.1, 0.15) is 5.75 Å². The lowest BCUT2D eigenvalue weighted by Gasteiger charge is -2.07. The second-order valence-corrected chi connectivity index (χ2v) is 5.15. The molecule has 1 unspecified atom stereocenters. The van der Waals surface area contributed by atoms with Crippen molar-refractivity contribution in [1.29, 1.82) is 0 Å². The Kier molecular flexibility index (Phi) is 3.56. The number of allylic oxidation sites excluding steroid dienone is 1. The number of ether oxygens (including phenoxy) is 1. The number of Topliss-reactive ketones (excluding diaryl/α,β-unsaturated/α-hetero) is 1. The fourth-order valence-electron chi connectivity index (χ4n) is 1.74. The van der Waals surface area contributed by atoms with E-state index in [1.165, 1.54) is 23.9 Å². The summed E-state index contributed by atoms with van der Waals surface area (Å²) in [6, 6.07) is 6.00. The Morgan fingerprint density at radius 2 is 2.17 bits per heavy atom. The number of hydrogen-bond donors (Lipinski definition) is 1.